The van der Waals surface area contributed by atoms with E-state index in [0.29, 0.717) is 11.3 Å². The van der Waals surface area contributed by atoms with Gasteiger partial charge in [-0.3, -0.25) is 4.79 Å². The van der Waals surface area contributed by atoms with Crippen LogP contribution in [0.2, 0.25) is 0 Å². The lowest BCUT2D eigenvalue weighted by Crippen LogP contribution is -2.44. The fourth-order valence-corrected chi connectivity index (χ4v) is 3.12. The predicted molar refractivity (Wildman–Crippen MR) is 83.8 cm³/mol. The van der Waals surface area contributed by atoms with Crippen LogP contribution in [0, 0.1) is 11.2 Å². The molecule has 1 saturated carbocycles. The molecule has 0 spiro atoms. The Bertz CT molecular complexity index is 715. The Hall–Kier alpha value is -2.21. The summed E-state index contributed by atoms with van der Waals surface area (Å²) in [7, 11) is 0. The topological polar surface area (TPSA) is 67.2 Å². The van der Waals surface area contributed by atoms with E-state index in [0.717, 1.165) is 19.3 Å². The van der Waals surface area contributed by atoms with Crippen LogP contribution >= 0.6 is 0 Å². The van der Waals surface area contributed by atoms with E-state index in [9.17, 15) is 14.3 Å². The molecule has 0 aliphatic heterocycles. The molecular weight excluding hydrogens is 297 g/mol. The number of rotatable bonds is 4. The van der Waals surface area contributed by atoms with Gasteiger partial charge in [-0.25, -0.2) is 9.07 Å². The number of benzene rings is 1. The van der Waals surface area contributed by atoms with Crippen molar-refractivity contribution in [3.05, 3.63) is 48.0 Å². The quantitative estimate of drug-likeness (QED) is 0.909. The number of halogens is 1. The molecule has 0 saturated heterocycles. The molecule has 1 aromatic carbocycles. The summed E-state index contributed by atoms with van der Waals surface area (Å²) < 4.78 is 15.1. The van der Waals surface area contributed by atoms with Crippen molar-refractivity contribution < 1.29 is 14.3 Å². The molecule has 122 valence electrons. The van der Waals surface area contributed by atoms with Gasteiger partial charge in [-0.1, -0.05) is 25.5 Å². The van der Waals surface area contributed by atoms with Crippen LogP contribution in [0.1, 0.15) is 36.5 Å². The van der Waals surface area contributed by atoms with Gasteiger partial charge in [0.05, 0.1) is 18.4 Å². The molecule has 2 aromatic rings. The number of para-hydroxylation sites is 1. The van der Waals surface area contributed by atoms with Gasteiger partial charge in [0, 0.05) is 17.7 Å². The first-order valence-corrected chi connectivity index (χ1v) is 7.75. The lowest BCUT2D eigenvalue weighted by molar-refractivity contribution is 0.0830. The zero-order valence-electron chi connectivity index (χ0n) is 13.0. The lowest BCUT2D eigenvalue weighted by atomic mass is 9.85. The summed E-state index contributed by atoms with van der Waals surface area (Å²) in [6, 6.07) is 6.21. The molecule has 1 aliphatic carbocycles. The number of aliphatic hydroxyl groups excluding tert-OH is 1. The highest BCUT2D eigenvalue weighted by atomic mass is 19.1. The van der Waals surface area contributed by atoms with Gasteiger partial charge in [-0.15, -0.1) is 0 Å². The van der Waals surface area contributed by atoms with Gasteiger partial charge in [0.2, 0.25) is 0 Å². The molecule has 6 heteroatoms. The number of carbonyl (C=O) groups excluding carboxylic acids is 1. The van der Waals surface area contributed by atoms with Crippen LogP contribution in [0.25, 0.3) is 5.69 Å². The van der Waals surface area contributed by atoms with Crippen molar-refractivity contribution in [3.8, 4) is 5.69 Å². The summed E-state index contributed by atoms with van der Waals surface area (Å²) in [5.74, 6) is -0.648. The molecule has 1 aromatic heterocycles. The molecule has 3 rings (SSSR count). The van der Waals surface area contributed by atoms with E-state index in [1.165, 1.54) is 23.1 Å². The number of aromatic nitrogens is 2. The molecule has 1 heterocycles. The van der Waals surface area contributed by atoms with Crippen LogP contribution in [-0.4, -0.2) is 33.4 Å². The molecule has 5 nitrogen and oxygen atoms in total. The van der Waals surface area contributed by atoms with Gasteiger partial charge < -0.3 is 10.4 Å². The van der Waals surface area contributed by atoms with Gasteiger partial charge >= 0.3 is 0 Å². The van der Waals surface area contributed by atoms with E-state index in [1.54, 1.807) is 18.2 Å². The molecule has 2 unspecified atom stereocenters. The van der Waals surface area contributed by atoms with E-state index in [2.05, 4.69) is 10.4 Å². The number of nitrogens with zero attached hydrogens (tertiary/aromatic N) is 2. The van der Waals surface area contributed by atoms with Crippen molar-refractivity contribution in [1.29, 1.82) is 0 Å². The maximum absolute atomic E-state index is 13.8. The third kappa shape index (κ3) is 2.99. The lowest BCUT2D eigenvalue weighted by Gasteiger charge is -2.29. The molecule has 1 amide bonds. The molecule has 0 radical (unpaired) electrons. The number of aliphatic hydroxyl groups is 1. The predicted octanol–water partition coefficient (Wildman–Crippen LogP) is 2.29. The maximum atomic E-state index is 13.8. The first kappa shape index (κ1) is 15.7. The maximum Gasteiger partial charge on any atom is 0.254 e. The Balaban J connectivity index is 1.76. The SMILES string of the molecule is CC1(CO)CCCC1NC(=O)c1cnn(-c2ccccc2F)c1. The average molecular weight is 317 g/mol. The minimum absolute atomic E-state index is 0.0481. The van der Waals surface area contributed by atoms with Crippen molar-refractivity contribution in [2.24, 2.45) is 5.41 Å². The van der Waals surface area contributed by atoms with E-state index < -0.39 is 5.82 Å². The second-order valence-electron chi connectivity index (χ2n) is 6.36. The van der Waals surface area contributed by atoms with Gasteiger partial charge in [-0.2, -0.15) is 5.10 Å². The van der Waals surface area contributed by atoms with Gasteiger partial charge in [-0.05, 0) is 25.0 Å². The van der Waals surface area contributed by atoms with Crippen LogP contribution in [0.15, 0.2) is 36.7 Å². The van der Waals surface area contributed by atoms with Crippen LogP contribution < -0.4 is 5.32 Å². The summed E-state index contributed by atoms with van der Waals surface area (Å²) in [4.78, 5) is 12.4. The van der Waals surface area contributed by atoms with Gasteiger partial charge in [0.1, 0.15) is 11.5 Å². The van der Waals surface area contributed by atoms with E-state index in [4.69, 9.17) is 0 Å². The van der Waals surface area contributed by atoms with Crippen LogP contribution in [0.3, 0.4) is 0 Å². The van der Waals surface area contributed by atoms with E-state index in [-0.39, 0.29) is 24.0 Å². The molecule has 2 N–H and O–H groups in total. The van der Waals surface area contributed by atoms with Crippen molar-refractivity contribution in [2.45, 2.75) is 32.2 Å². The number of carbonyl (C=O) groups is 1. The molecule has 0 bridgehead atoms. The highest BCUT2D eigenvalue weighted by Crippen LogP contribution is 2.37. The number of amides is 1. The summed E-state index contributed by atoms with van der Waals surface area (Å²) in [6.07, 6.45) is 5.66. The van der Waals surface area contributed by atoms with Crippen molar-refractivity contribution in [1.82, 2.24) is 15.1 Å². The Morgan fingerprint density at radius 2 is 2.30 bits per heavy atom. The Morgan fingerprint density at radius 3 is 3.04 bits per heavy atom. The number of hydrogen-bond acceptors (Lipinski definition) is 3. The normalized spacial score (nSPS) is 23.9. The molecular formula is C17H20FN3O2. The summed E-state index contributed by atoms with van der Waals surface area (Å²) in [5.41, 5.74) is 0.394. The fraction of sp³-hybridized carbons (Fsp3) is 0.412. The first-order chi connectivity index (χ1) is 11.0. The number of hydrogen-bond donors (Lipinski definition) is 2. The largest absolute Gasteiger partial charge is 0.396 e. The first-order valence-electron chi connectivity index (χ1n) is 7.75. The minimum Gasteiger partial charge on any atom is -0.396 e. The highest BCUT2D eigenvalue weighted by Gasteiger charge is 2.39. The Kier molecular flexibility index (Phi) is 4.17. The van der Waals surface area contributed by atoms with E-state index in [1.807, 2.05) is 6.92 Å². The highest BCUT2D eigenvalue weighted by molar-refractivity contribution is 5.94. The third-order valence-electron chi connectivity index (χ3n) is 4.69. The van der Waals surface area contributed by atoms with Crippen molar-refractivity contribution in [3.63, 3.8) is 0 Å². The van der Waals surface area contributed by atoms with Gasteiger partial charge in [0.25, 0.3) is 5.91 Å². The van der Waals surface area contributed by atoms with Crippen molar-refractivity contribution in [2.75, 3.05) is 6.61 Å². The summed E-state index contributed by atoms with van der Waals surface area (Å²) in [5, 5.41) is 16.6. The van der Waals surface area contributed by atoms with Crippen LogP contribution in [-0.2, 0) is 0 Å². The summed E-state index contributed by atoms with van der Waals surface area (Å²) in [6.45, 7) is 2.03. The standard InChI is InChI=1S/C17H20FN3O2/c1-17(11-22)8-4-7-15(17)20-16(23)12-9-19-21(10-12)14-6-3-2-5-13(14)18/h2-3,5-6,9-10,15,22H,4,7-8,11H2,1H3,(H,20,23). The Morgan fingerprint density at radius 1 is 1.52 bits per heavy atom. The smallest absolute Gasteiger partial charge is 0.254 e. The Labute approximate surface area is 134 Å². The van der Waals surface area contributed by atoms with Crippen LogP contribution in [0.5, 0.6) is 0 Å². The zero-order valence-corrected chi connectivity index (χ0v) is 13.0. The number of nitrogens with one attached hydrogen (secondary N) is 1. The van der Waals surface area contributed by atoms with E-state index >= 15 is 0 Å². The minimum atomic E-state index is -0.397. The molecule has 2 atom stereocenters. The second kappa shape index (κ2) is 6.12. The van der Waals surface area contributed by atoms with Crippen LogP contribution in [0.4, 0.5) is 4.39 Å². The molecule has 1 fully saturated rings. The fourth-order valence-electron chi connectivity index (χ4n) is 3.12. The second-order valence-corrected chi connectivity index (χ2v) is 6.36. The zero-order chi connectivity index (χ0) is 16.4. The monoisotopic (exact) mass is 317 g/mol. The molecule has 23 heavy (non-hydrogen) atoms. The van der Waals surface area contributed by atoms with Gasteiger partial charge in [0.15, 0.2) is 0 Å². The third-order valence-corrected chi connectivity index (χ3v) is 4.69. The van der Waals surface area contributed by atoms with Crippen molar-refractivity contribution >= 4 is 5.91 Å². The molecule has 1 aliphatic rings. The average Bonchev–Trinajstić information content (AvgIpc) is 3.16. The summed E-state index contributed by atoms with van der Waals surface area (Å²) >= 11 is 0.